The molecule has 1 aliphatic carbocycles. The van der Waals surface area contributed by atoms with E-state index in [1.807, 2.05) is 0 Å². The summed E-state index contributed by atoms with van der Waals surface area (Å²) in [5.74, 6) is 2.45. The van der Waals surface area contributed by atoms with Gasteiger partial charge in [0.2, 0.25) is 0 Å². The average molecular weight is 397 g/mol. The molecule has 0 nitrogen and oxygen atoms in total. The van der Waals surface area contributed by atoms with Gasteiger partial charge in [-0.2, -0.15) is 0 Å². The molecule has 2 aromatic carbocycles. The SMILES string of the molecule is Cc1ccc(C2(c3cc4c(cc3C)C(C)(C)CCC4(C)C)SCCS2)cc1. The van der Waals surface area contributed by atoms with E-state index >= 15 is 0 Å². The van der Waals surface area contributed by atoms with E-state index in [-0.39, 0.29) is 14.9 Å². The van der Waals surface area contributed by atoms with Crippen LogP contribution in [0.2, 0.25) is 0 Å². The Labute approximate surface area is 173 Å². The van der Waals surface area contributed by atoms with Crippen LogP contribution in [0.25, 0.3) is 0 Å². The van der Waals surface area contributed by atoms with Crippen LogP contribution in [0.4, 0.5) is 0 Å². The lowest BCUT2D eigenvalue weighted by atomic mass is 9.62. The van der Waals surface area contributed by atoms with Crippen LogP contribution < -0.4 is 0 Å². The molecule has 1 saturated heterocycles. The molecule has 1 aliphatic heterocycles. The molecular formula is C25H32S2. The third-order valence-corrected chi connectivity index (χ3v) is 10.2. The Morgan fingerprint density at radius 2 is 1.22 bits per heavy atom. The summed E-state index contributed by atoms with van der Waals surface area (Å²) < 4.78 is 0.0461. The minimum atomic E-state index is 0.0461. The first kappa shape index (κ1) is 19.5. The van der Waals surface area contributed by atoms with Crippen molar-refractivity contribution in [2.75, 3.05) is 11.5 Å². The highest BCUT2D eigenvalue weighted by molar-refractivity contribution is 8.20. The number of thioether (sulfide) groups is 2. The second-order valence-electron chi connectivity index (χ2n) is 9.66. The van der Waals surface area contributed by atoms with E-state index in [1.165, 1.54) is 46.6 Å². The maximum absolute atomic E-state index is 2.59. The third kappa shape index (κ3) is 3.17. The zero-order valence-electron chi connectivity index (χ0n) is 17.6. The second-order valence-corrected chi connectivity index (χ2v) is 12.5. The number of aryl methyl sites for hydroxylation is 2. The number of benzene rings is 2. The van der Waals surface area contributed by atoms with Crippen molar-refractivity contribution in [2.45, 2.75) is 69.3 Å². The van der Waals surface area contributed by atoms with E-state index in [1.54, 1.807) is 11.1 Å². The van der Waals surface area contributed by atoms with Gasteiger partial charge in [-0.15, -0.1) is 23.5 Å². The number of hydrogen-bond donors (Lipinski definition) is 0. The fourth-order valence-electron chi connectivity index (χ4n) is 4.74. The summed E-state index contributed by atoms with van der Waals surface area (Å²) in [6, 6.07) is 14.4. The minimum absolute atomic E-state index is 0.0461. The Bertz CT molecular complexity index is 853. The summed E-state index contributed by atoms with van der Waals surface area (Å²) in [6.45, 7) is 14.2. The molecule has 0 unspecified atom stereocenters. The van der Waals surface area contributed by atoms with Crippen LogP contribution in [0, 0.1) is 13.8 Å². The van der Waals surface area contributed by atoms with Gasteiger partial charge >= 0.3 is 0 Å². The molecule has 2 aliphatic rings. The van der Waals surface area contributed by atoms with E-state index in [4.69, 9.17) is 0 Å². The first-order valence-corrected chi connectivity index (χ1v) is 12.1. The van der Waals surface area contributed by atoms with Gasteiger partial charge < -0.3 is 0 Å². The summed E-state index contributed by atoms with van der Waals surface area (Å²) in [5, 5.41) is 0. The zero-order valence-corrected chi connectivity index (χ0v) is 19.2. The van der Waals surface area contributed by atoms with Crippen molar-refractivity contribution in [3.8, 4) is 0 Å². The van der Waals surface area contributed by atoms with Crippen molar-refractivity contribution < 1.29 is 0 Å². The van der Waals surface area contributed by atoms with Crippen LogP contribution in [0.1, 0.15) is 73.9 Å². The van der Waals surface area contributed by atoms with Crippen LogP contribution >= 0.6 is 23.5 Å². The van der Waals surface area contributed by atoms with Gasteiger partial charge in [0, 0.05) is 11.5 Å². The maximum atomic E-state index is 2.59. The van der Waals surface area contributed by atoms with Crippen molar-refractivity contribution in [1.29, 1.82) is 0 Å². The van der Waals surface area contributed by atoms with E-state index < -0.39 is 0 Å². The Morgan fingerprint density at radius 3 is 1.78 bits per heavy atom. The minimum Gasteiger partial charge on any atom is -0.134 e. The highest BCUT2D eigenvalue weighted by Gasteiger charge is 2.43. The van der Waals surface area contributed by atoms with Gasteiger partial charge in [-0.3, -0.25) is 0 Å². The van der Waals surface area contributed by atoms with Crippen molar-refractivity contribution in [2.24, 2.45) is 0 Å². The fourth-order valence-corrected chi connectivity index (χ4v) is 8.17. The fraction of sp³-hybridized carbons (Fsp3) is 0.520. The van der Waals surface area contributed by atoms with Gasteiger partial charge in [-0.1, -0.05) is 69.7 Å². The molecule has 1 heterocycles. The molecule has 0 saturated carbocycles. The topological polar surface area (TPSA) is 0 Å². The molecule has 27 heavy (non-hydrogen) atoms. The summed E-state index contributed by atoms with van der Waals surface area (Å²) in [4.78, 5) is 0. The highest BCUT2D eigenvalue weighted by atomic mass is 32.2. The summed E-state index contributed by atoms with van der Waals surface area (Å²) in [5.41, 5.74) is 9.48. The molecule has 1 fully saturated rings. The van der Waals surface area contributed by atoms with Crippen LogP contribution in [0.5, 0.6) is 0 Å². The zero-order chi connectivity index (χ0) is 19.4. The van der Waals surface area contributed by atoms with Gasteiger partial charge in [-0.25, -0.2) is 0 Å². The van der Waals surface area contributed by atoms with Gasteiger partial charge in [0.25, 0.3) is 0 Å². The maximum Gasteiger partial charge on any atom is 0.112 e. The van der Waals surface area contributed by atoms with Crippen molar-refractivity contribution in [1.82, 2.24) is 0 Å². The average Bonchev–Trinajstić information content (AvgIpc) is 3.10. The number of rotatable bonds is 2. The largest absolute Gasteiger partial charge is 0.134 e. The monoisotopic (exact) mass is 396 g/mol. The molecule has 0 spiro atoms. The molecule has 0 amide bonds. The molecular weight excluding hydrogens is 364 g/mol. The van der Waals surface area contributed by atoms with Gasteiger partial charge in [0.15, 0.2) is 0 Å². The molecule has 0 bridgehead atoms. The Hall–Kier alpha value is -0.860. The standard InChI is InChI=1S/C25H32S2/c1-17-7-9-19(10-8-17)25(26-13-14-27-25)20-16-22-21(15-18(20)2)23(3,4)11-12-24(22,5)6/h7-10,15-16H,11-14H2,1-6H3. The predicted octanol–water partition coefficient (Wildman–Crippen LogP) is 7.33. The van der Waals surface area contributed by atoms with Crippen LogP contribution in [0.3, 0.4) is 0 Å². The lowest BCUT2D eigenvalue weighted by molar-refractivity contribution is 0.331. The lowest BCUT2D eigenvalue weighted by Crippen LogP contribution is -2.35. The molecule has 0 aromatic heterocycles. The predicted molar refractivity (Wildman–Crippen MR) is 123 cm³/mol. The smallest absolute Gasteiger partial charge is 0.112 e. The molecule has 0 N–H and O–H groups in total. The van der Waals surface area contributed by atoms with Crippen molar-refractivity contribution >= 4 is 23.5 Å². The van der Waals surface area contributed by atoms with E-state index in [2.05, 4.69) is 101 Å². The third-order valence-electron chi connectivity index (χ3n) is 6.68. The summed E-state index contributed by atoms with van der Waals surface area (Å²) in [6.07, 6.45) is 2.55. The molecule has 2 aromatic rings. The lowest BCUT2D eigenvalue weighted by Gasteiger charge is -2.43. The number of fused-ring (bicyclic) bond motifs is 1. The van der Waals surface area contributed by atoms with Crippen LogP contribution in [0.15, 0.2) is 36.4 Å². The summed E-state index contributed by atoms with van der Waals surface area (Å²) >= 11 is 4.26. The molecule has 2 heteroatoms. The number of hydrogen-bond acceptors (Lipinski definition) is 2. The molecule has 144 valence electrons. The molecule has 0 atom stereocenters. The van der Waals surface area contributed by atoms with Gasteiger partial charge in [0.1, 0.15) is 4.08 Å². The molecule has 4 rings (SSSR count). The van der Waals surface area contributed by atoms with E-state index in [9.17, 15) is 0 Å². The summed E-state index contributed by atoms with van der Waals surface area (Å²) in [7, 11) is 0. The quantitative estimate of drug-likeness (QED) is 0.521. The van der Waals surface area contributed by atoms with E-state index in [0.29, 0.717) is 0 Å². The Morgan fingerprint density at radius 1 is 0.704 bits per heavy atom. The Balaban J connectivity index is 1.94. The first-order valence-electron chi connectivity index (χ1n) is 10.2. The van der Waals surface area contributed by atoms with Crippen molar-refractivity contribution in [3.63, 3.8) is 0 Å². The molecule has 0 radical (unpaired) electrons. The van der Waals surface area contributed by atoms with E-state index in [0.717, 1.165) is 0 Å². The second kappa shape index (κ2) is 6.59. The van der Waals surface area contributed by atoms with Gasteiger partial charge in [-0.05, 0) is 65.3 Å². The van der Waals surface area contributed by atoms with Crippen LogP contribution in [-0.4, -0.2) is 11.5 Å². The highest BCUT2D eigenvalue weighted by Crippen LogP contribution is 2.58. The normalized spacial score (nSPS) is 22.4. The van der Waals surface area contributed by atoms with Gasteiger partial charge in [0.05, 0.1) is 0 Å². The van der Waals surface area contributed by atoms with Crippen molar-refractivity contribution in [3.05, 3.63) is 69.8 Å². The van der Waals surface area contributed by atoms with Crippen LogP contribution in [-0.2, 0) is 14.9 Å². The Kier molecular flexibility index (Phi) is 4.75. The first-order chi connectivity index (χ1) is 12.7.